The van der Waals surface area contributed by atoms with Crippen molar-refractivity contribution < 1.29 is 22.3 Å². The van der Waals surface area contributed by atoms with Crippen LogP contribution < -0.4 is 15.4 Å². The lowest BCUT2D eigenvalue weighted by atomic mass is 10.1. The molecule has 170 valence electrons. The molecule has 2 N–H and O–H groups in total. The zero-order valence-electron chi connectivity index (χ0n) is 17.3. The van der Waals surface area contributed by atoms with Crippen LogP contribution in [-0.2, 0) is 0 Å². The molecule has 10 heteroatoms. The third-order valence-corrected chi connectivity index (χ3v) is 5.17. The lowest BCUT2D eigenvalue weighted by Gasteiger charge is -2.16. The molecule has 0 amide bonds. The first kappa shape index (κ1) is 22.3. The van der Waals surface area contributed by atoms with Crippen molar-refractivity contribution in [1.29, 1.82) is 5.26 Å². The van der Waals surface area contributed by atoms with Crippen LogP contribution in [0.25, 0.3) is 11.3 Å². The highest BCUT2D eigenvalue weighted by molar-refractivity contribution is 5.70. The van der Waals surface area contributed by atoms with Crippen LogP contribution in [0.1, 0.15) is 31.2 Å². The highest BCUT2D eigenvalue weighted by Crippen LogP contribution is 2.31. The summed E-state index contributed by atoms with van der Waals surface area (Å²) in [6, 6.07) is 13.1. The molecule has 1 aromatic heterocycles. The van der Waals surface area contributed by atoms with E-state index in [4.69, 9.17) is 0 Å². The van der Waals surface area contributed by atoms with Gasteiger partial charge in [-0.3, -0.25) is 0 Å². The number of rotatable bonds is 6. The van der Waals surface area contributed by atoms with Gasteiger partial charge in [-0.2, -0.15) is 10.2 Å². The standard InChI is InChI=1S/C23H19F4N5O/c24-18-9-4-10-19(17(18)13-28)30-21-12-20(31-22(32-21)29-15-6-1-2-7-15)14-5-3-8-16(11-14)33-23(25,26)27/h3-5,8-12,15H,1-2,6-7H2,(H2,29,30,31,32). The zero-order chi connectivity index (χ0) is 23.4. The number of nitrogens with zero attached hydrogens (tertiary/aromatic N) is 3. The van der Waals surface area contributed by atoms with Crippen molar-refractivity contribution >= 4 is 17.5 Å². The third kappa shape index (κ3) is 5.68. The van der Waals surface area contributed by atoms with E-state index in [0.29, 0.717) is 11.3 Å². The first-order chi connectivity index (χ1) is 15.8. The lowest BCUT2D eigenvalue weighted by Crippen LogP contribution is -2.17. The molecule has 0 radical (unpaired) electrons. The minimum Gasteiger partial charge on any atom is -0.406 e. The Labute approximate surface area is 187 Å². The summed E-state index contributed by atoms with van der Waals surface area (Å²) in [5.74, 6) is -0.530. The number of benzene rings is 2. The summed E-state index contributed by atoms with van der Waals surface area (Å²) >= 11 is 0. The van der Waals surface area contributed by atoms with Gasteiger partial charge in [0.25, 0.3) is 0 Å². The molecular formula is C23H19F4N5O. The Kier molecular flexibility index (Phi) is 6.31. The maximum absolute atomic E-state index is 14.0. The predicted octanol–water partition coefficient (Wildman–Crippen LogP) is 6.15. The van der Waals surface area contributed by atoms with Crippen molar-refractivity contribution in [1.82, 2.24) is 9.97 Å². The van der Waals surface area contributed by atoms with E-state index in [9.17, 15) is 22.8 Å². The summed E-state index contributed by atoms with van der Waals surface area (Å²) in [5.41, 5.74) is 0.735. The molecule has 1 aliphatic carbocycles. The first-order valence-corrected chi connectivity index (χ1v) is 10.3. The summed E-state index contributed by atoms with van der Waals surface area (Å²) in [6.45, 7) is 0. The molecular weight excluding hydrogens is 438 g/mol. The van der Waals surface area contributed by atoms with E-state index in [1.165, 1.54) is 42.5 Å². The molecule has 1 aliphatic rings. The number of anilines is 3. The second kappa shape index (κ2) is 9.32. The van der Waals surface area contributed by atoms with Gasteiger partial charge < -0.3 is 15.4 Å². The van der Waals surface area contributed by atoms with Crippen LogP contribution in [0.2, 0.25) is 0 Å². The number of alkyl halides is 3. The molecule has 0 atom stereocenters. The summed E-state index contributed by atoms with van der Waals surface area (Å²) in [4.78, 5) is 8.90. The normalized spacial score (nSPS) is 14.0. The zero-order valence-corrected chi connectivity index (χ0v) is 17.3. The molecule has 0 spiro atoms. The molecule has 2 aromatic carbocycles. The monoisotopic (exact) mass is 457 g/mol. The Hall–Kier alpha value is -3.87. The molecule has 33 heavy (non-hydrogen) atoms. The fraction of sp³-hybridized carbons (Fsp3) is 0.261. The highest BCUT2D eigenvalue weighted by Gasteiger charge is 2.31. The van der Waals surface area contributed by atoms with Crippen molar-refractivity contribution in [3.05, 3.63) is 59.9 Å². The van der Waals surface area contributed by atoms with Gasteiger partial charge in [0.2, 0.25) is 5.95 Å². The fourth-order valence-corrected chi connectivity index (χ4v) is 3.71. The minimum absolute atomic E-state index is 0.177. The third-order valence-electron chi connectivity index (χ3n) is 5.17. The highest BCUT2D eigenvalue weighted by atomic mass is 19.4. The van der Waals surface area contributed by atoms with Crippen molar-refractivity contribution in [2.45, 2.75) is 38.1 Å². The number of halogens is 4. The number of aromatic nitrogens is 2. The second-order valence-corrected chi connectivity index (χ2v) is 7.56. The molecule has 3 aromatic rings. The SMILES string of the molecule is N#Cc1c(F)cccc1Nc1cc(-c2cccc(OC(F)(F)F)c2)nc(NC2CCCC2)n1. The van der Waals surface area contributed by atoms with Gasteiger partial charge in [0.15, 0.2) is 0 Å². The average molecular weight is 457 g/mol. The van der Waals surface area contributed by atoms with Crippen LogP contribution in [0.3, 0.4) is 0 Å². The number of nitrogens with one attached hydrogen (secondary N) is 2. The maximum Gasteiger partial charge on any atom is 0.573 e. The first-order valence-electron chi connectivity index (χ1n) is 10.3. The average Bonchev–Trinajstić information content (AvgIpc) is 3.26. The number of hydrogen-bond donors (Lipinski definition) is 2. The van der Waals surface area contributed by atoms with Gasteiger partial charge >= 0.3 is 6.36 Å². The lowest BCUT2D eigenvalue weighted by molar-refractivity contribution is -0.274. The number of hydrogen-bond acceptors (Lipinski definition) is 6. The van der Waals surface area contributed by atoms with E-state index in [1.807, 2.05) is 6.07 Å². The summed E-state index contributed by atoms with van der Waals surface area (Å²) in [6.07, 6.45) is -0.763. The topological polar surface area (TPSA) is 82.9 Å². The van der Waals surface area contributed by atoms with E-state index in [2.05, 4.69) is 25.3 Å². The largest absolute Gasteiger partial charge is 0.573 e. The van der Waals surface area contributed by atoms with E-state index in [0.717, 1.165) is 25.7 Å². The smallest absolute Gasteiger partial charge is 0.406 e. The maximum atomic E-state index is 14.0. The minimum atomic E-state index is -4.82. The molecule has 0 bridgehead atoms. The van der Waals surface area contributed by atoms with E-state index >= 15 is 0 Å². The Bertz CT molecular complexity index is 1190. The van der Waals surface area contributed by atoms with Gasteiger partial charge in [-0.25, -0.2) is 9.37 Å². The Morgan fingerprint density at radius 1 is 1.03 bits per heavy atom. The summed E-state index contributed by atoms with van der Waals surface area (Å²) < 4.78 is 56.0. The van der Waals surface area contributed by atoms with Crippen molar-refractivity contribution in [3.63, 3.8) is 0 Å². The van der Waals surface area contributed by atoms with Gasteiger partial charge in [0, 0.05) is 17.7 Å². The van der Waals surface area contributed by atoms with E-state index in [1.54, 1.807) is 6.07 Å². The van der Waals surface area contributed by atoms with Gasteiger partial charge in [0.1, 0.15) is 29.0 Å². The van der Waals surface area contributed by atoms with Crippen molar-refractivity contribution in [2.75, 3.05) is 10.6 Å². The molecule has 0 saturated heterocycles. The Balaban J connectivity index is 1.72. The quantitative estimate of drug-likeness (QED) is 0.432. The van der Waals surface area contributed by atoms with Gasteiger partial charge in [-0.15, -0.1) is 13.2 Å². The molecule has 0 unspecified atom stereocenters. The van der Waals surface area contributed by atoms with E-state index < -0.39 is 12.2 Å². The van der Waals surface area contributed by atoms with Crippen molar-refractivity contribution in [2.24, 2.45) is 0 Å². The van der Waals surface area contributed by atoms with Crippen LogP contribution >= 0.6 is 0 Å². The molecule has 6 nitrogen and oxygen atoms in total. The second-order valence-electron chi connectivity index (χ2n) is 7.56. The van der Waals surface area contributed by atoms with Crippen LogP contribution in [0.15, 0.2) is 48.5 Å². The fourth-order valence-electron chi connectivity index (χ4n) is 3.71. The Morgan fingerprint density at radius 2 is 1.79 bits per heavy atom. The van der Waals surface area contributed by atoms with Gasteiger partial charge in [-0.1, -0.05) is 31.0 Å². The molecule has 0 aliphatic heterocycles. The predicted molar refractivity (Wildman–Crippen MR) is 114 cm³/mol. The molecule has 1 saturated carbocycles. The molecule has 1 heterocycles. The summed E-state index contributed by atoms with van der Waals surface area (Å²) in [7, 11) is 0. The number of nitriles is 1. The summed E-state index contributed by atoms with van der Waals surface area (Å²) in [5, 5.41) is 15.5. The van der Waals surface area contributed by atoms with Gasteiger partial charge in [-0.05, 0) is 37.1 Å². The van der Waals surface area contributed by atoms with Gasteiger partial charge in [0.05, 0.1) is 11.4 Å². The van der Waals surface area contributed by atoms with Crippen LogP contribution in [0, 0.1) is 17.1 Å². The van der Waals surface area contributed by atoms with Crippen LogP contribution in [0.4, 0.5) is 35.0 Å². The Morgan fingerprint density at radius 3 is 2.52 bits per heavy atom. The van der Waals surface area contributed by atoms with Crippen LogP contribution in [0.5, 0.6) is 5.75 Å². The van der Waals surface area contributed by atoms with E-state index in [-0.39, 0.29) is 34.8 Å². The molecule has 4 rings (SSSR count). The van der Waals surface area contributed by atoms with Crippen LogP contribution in [-0.4, -0.2) is 22.4 Å². The number of ether oxygens (including phenoxy) is 1. The molecule has 1 fully saturated rings. The van der Waals surface area contributed by atoms with Crippen molar-refractivity contribution in [3.8, 4) is 23.1 Å².